The molecule has 1 atom stereocenters. The number of anilines is 2. The summed E-state index contributed by atoms with van der Waals surface area (Å²) in [4.78, 5) is 31.9. The van der Waals surface area contributed by atoms with Crippen LogP contribution in [0.3, 0.4) is 0 Å². The number of methoxy groups -OCH3 is 1. The third-order valence-electron chi connectivity index (χ3n) is 6.09. The van der Waals surface area contributed by atoms with Gasteiger partial charge in [-0.2, -0.15) is 0 Å². The van der Waals surface area contributed by atoms with Gasteiger partial charge in [0, 0.05) is 17.4 Å². The second-order valence-corrected chi connectivity index (χ2v) is 7.90. The number of carboxylic acid groups (broad SMARTS) is 2. The Morgan fingerprint density at radius 3 is 2.58 bits per heavy atom. The normalized spacial score (nSPS) is 21.8. The van der Waals surface area contributed by atoms with Gasteiger partial charge in [0.2, 0.25) is 0 Å². The molecule has 0 aliphatic carbocycles. The predicted octanol–water partition coefficient (Wildman–Crippen LogP) is 2.48. The van der Waals surface area contributed by atoms with E-state index >= 15 is 0 Å². The number of amidine groups is 1. The van der Waals surface area contributed by atoms with Crippen molar-refractivity contribution in [1.82, 2.24) is 9.88 Å². The molecule has 12 nitrogen and oxygen atoms in total. The second kappa shape index (κ2) is 7.52. The van der Waals surface area contributed by atoms with Crippen LogP contribution in [0.25, 0.3) is 0 Å². The molecule has 1 aromatic heterocycles. The van der Waals surface area contributed by atoms with Gasteiger partial charge in [-0.1, -0.05) is 0 Å². The molecular formula is C21H20N4O8. The predicted molar refractivity (Wildman–Crippen MR) is 112 cm³/mol. The number of carbonyl (C=O) groups is 2. The average molecular weight is 456 g/mol. The first-order valence-corrected chi connectivity index (χ1v) is 9.99. The molecule has 2 spiro atoms. The lowest BCUT2D eigenvalue weighted by molar-refractivity contribution is -0.185. The Morgan fingerprint density at radius 2 is 1.91 bits per heavy atom. The number of amides is 2. The lowest BCUT2D eigenvalue weighted by atomic mass is 9.64. The molecule has 2 aromatic rings. The fourth-order valence-electron chi connectivity index (χ4n) is 4.30. The molecule has 33 heavy (non-hydrogen) atoms. The van der Waals surface area contributed by atoms with Crippen LogP contribution in [0.1, 0.15) is 5.56 Å². The largest absolute Gasteiger partial charge is 0.493 e. The van der Waals surface area contributed by atoms with E-state index in [2.05, 4.69) is 15.3 Å². The molecule has 1 unspecified atom stereocenters. The molecule has 12 heteroatoms. The van der Waals surface area contributed by atoms with E-state index in [1.54, 1.807) is 37.6 Å². The van der Waals surface area contributed by atoms with Crippen LogP contribution in [0.15, 0.2) is 41.5 Å². The van der Waals surface area contributed by atoms with Crippen molar-refractivity contribution < 1.29 is 38.7 Å². The first-order chi connectivity index (χ1) is 15.9. The number of benzene rings is 1. The highest BCUT2D eigenvalue weighted by molar-refractivity contribution is 6.05. The molecule has 0 radical (unpaired) electrons. The standard InChI is InChI=1S/C21H20N4O8/c1-30-15-3-2-6-22-16(15)23-12-4-5-14-13(7-12)21(20(10-32-14)8-31-9-20)11-33-17(24-21)25(18(26)27)19(28)29/h2-7H,8-11H2,1H3,(H,22,23)(H,26,27)(H,28,29). The van der Waals surface area contributed by atoms with Crippen molar-refractivity contribution in [3.05, 3.63) is 42.1 Å². The van der Waals surface area contributed by atoms with E-state index in [4.69, 9.17) is 18.9 Å². The van der Waals surface area contributed by atoms with E-state index in [1.165, 1.54) is 0 Å². The van der Waals surface area contributed by atoms with E-state index < -0.39 is 29.2 Å². The van der Waals surface area contributed by atoms with Gasteiger partial charge in [0.1, 0.15) is 24.5 Å². The van der Waals surface area contributed by atoms with Crippen LogP contribution < -0.4 is 14.8 Å². The zero-order chi connectivity index (χ0) is 23.2. The molecule has 3 N–H and O–H groups in total. The van der Waals surface area contributed by atoms with E-state index in [1.807, 2.05) is 6.07 Å². The van der Waals surface area contributed by atoms with Crippen LogP contribution in [-0.4, -0.2) is 71.8 Å². The summed E-state index contributed by atoms with van der Waals surface area (Å²) in [5.74, 6) is 1.59. The zero-order valence-corrected chi connectivity index (χ0v) is 17.5. The van der Waals surface area contributed by atoms with Gasteiger partial charge in [-0.15, -0.1) is 4.90 Å². The monoisotopic (exact) mass is 456 g/mol. The summed E-state index contributed by atoms with van der Waals surface area (Å²) in [5.41, 5.74) is -0.444. The number of nitrogens with one attached hydrogen (secondary N) is 1. The van der Waals surface area contributed by atoms with Crippen molar-refractivity contribution in [3.8, 4) is 11.5 Å². The number of ether oxygens (including phenoxy) is 4. The number of hydrogen-bond acceptors (Lipinski definition) is 9. The van der Waals surface area contributed by atoms with Gasteiger partial charge in [0.05, 0.1) is 25.7 Å². The molecule has 172 valence electrons. The minimum atomic E-state index is -1.71. The Morgan fingerprint density at radius 1 is 1.12 bits per heavy atom. The topological polar surface area (TPSA) is 152 Å². The van der Waals surface area contributed by atoms with Crippen LogP contribution in [0.2, 0.25) is 0 Å². The van der Waals surface area contributed by atoms with Gasteiger partial charge in [-0.25, -0.2) is 19.6 Å². The molecule has 4 heterocycles. The van der Waals surface area contributed by atoms with Crippen molar-refractivity contribution in [2.45, 2.75) is 5.54 Å². The van der Waals surface area contributed by atoms with E-state index in [0.29, 0.717) is 41.8 Å². The maximum absolute atomic E-state index is 11.5. The summed E-state index contributed by atoms with van der Waals surface area (Å²) in [6.45, 7) is 0.813. The molecule has 0 bridgehead atoms. The molecule has 2 amide bonds. The molecular weight excluding hydrogens is 436 g/mol. The first-order valence-electron chi connectivity index (χ1n) is 9.99. The fraction of sp³-hybridized carbons (Fsp3) is 0.333. The van der Waals surface area contributed by atoms with Crippen molar-refractivity contribution in [3.63, 3.8) is 0 Å². The van der Waals surface area contributed by atoms with Gasteiger partial charge in [-0.3, -0.25) is 0 Å². The third kappa shape index (κ3) is 3.09. The minimum absolute atomic E-state index is 0.0600. The Balaban J connectivity index is 1.60. The maximum Gasteiger partial charge on any atom is 0.425 e. The van der Waals surface area contributed by atoms with E-state index in [-0.39, 0.29) is 18.1 Å². The smallest absolute Gasteiger partial charge is 0.425 e. The number of pyridine rings is 1. The van der Waals surface area contributed by atoms with Crippen molar-refractivity contribution >= 4 is 29.7 Å². The van der Waals surface area contributed by atoms with Crippen LogP contribution in [0.4, 0.5) is 21.1 Å². The summed E-state index contributed by atoms with van der Waals surface area (Å²) < 4.78 is 22.4. The van der Waals surface area contributed by atoms with Gasteiger partial charge < -0.3 is 34.5 Å². The maximum atomic E-state index is 11.5. The summed E-state index contributed by atoms with van der Waals surface area (Å²) in [6.07, 6.45) is -1.79. The van der Waals surface area contributed by atoms with Gasteiger partial charge in [0.15, 0.2) is 11.6 Å². The first kappa shape index (κ1) is 20.8. The van der Waals surface area contributed by atoms with Crippen LogP contribution in [-0.2, 0) is 15.0 Å². The van der Waals surface area contributed by atoms with Gasteiger partial charge in [-0.05, 0) is 30.3 Å². The van der Waals surface area contributed by atoms with E-state index in [9.17, 15) is 19.8 Å². The Hall–Kier alpha value is -4.06. The highest BCUT2D eigenvalue weighted by Gasteiger charge is 2.64. The highest BCUT2D eigenvalue weighted by atomic mass is 16.5. The lowest BCUT2D eigenvalue weighted by Gasteiger charge is -2.53. The highest BCUT2D eigenvalue weighted by Crippen LogP contribution is 2.56. The Kier molecular flexibility index (Phi) is 4.74. The number of fused-ring (bicyclic) bond motifs is 3. The number of hydrogen-bond donors (Lipinski definition) is 3. The van der Waals surface area contributed by atoms with Crippen LogP contribution >= 0.6 is 0 Å². The van der Waals surface area contributed by atoms with Crippen LogP contribution in [0.5, 0.6) is 11.5 Å². The number of nitrogens with zero attached hydrogens (tertiary/aromatic N) is 3. The second-order valence-electron chi connectivity index (χ2n) is 7.90. The molecule has 0 saturated carbocycles. The quantitative estimate of drug-likeness (QED) is 0.628. The SMILES string of the molecule is COc1cccnc1Nc1ccc2c(c1)C1(COC(N(C(=O)O)C(=O)O)=N1)C1(COC1)CO2. The van der Waals surface area contributed by atoms with E-state index in [0.717, 1.165) is 0 Å². The summed E-state index contributed by atoms with van der Waals surface area (Å²) in [5, 5.41) is 21.9. The lowest BCUT2D eigenvalue weighted by Crippen LogP contribution is -2.63. The van der Waals surface area contributed by atoms with Crippen molar-refractivity contribution in [2.24, 2.45) is 10.4 Å². The van der Waals surface area contributed by atoms with Gasteiger partial charge in [0.25, 0.3) is 0 Å². The summed E-state index contributed by atoms with van der Waals surface area (Å²) in [6, 6.07) is 8.40. The van der Waals surface area contributed by atoms with Gasteiger partial charge >= 0.3 is 18.2 Å². The zero-order valence-electron chi connectivity index (χ0n) is 17.5. The minimum Gasteiger partial charge on any atom is -0.493 e. The molecule has 3 aliphatic heterocycles. The Labute approximate surface area is 187 Å². The number of rotatable bonds is 3. The average Bonchev–Trinajstić information content (AvgIpc) is 3.18. The third-order valence-corrected chi connectivity index (χ3v) is 6.09. The van der Waals surface area contributed by atoms with Crippen molar-refractivity contribution in [1.29, 1.82) is 0 Å². The molecule has 3 aliphatic rings. The number of aliphatic imine (C=N–C) groups is 1. The molecule has 1 aromatic carbocycles. The Bertz CT molecular complexity index is 1150. The van der Waals surface area contributed by atoms with Crippen molar-refractivity contribution in [2.75, 3.05) is 38.9 Å². The molecule has 1 fully saturated rings. The summed E-state index contributed by atoms with van der Waals surface area (Å²) in [7, 11) is 1.54. The fourth-order valence-corrected chi connectivity index (χ4v) is 4.30. The summed E-state index contributed by atoms with van der Waals surface area (Å²) >= 11 is 0. The van der Waals surface area contributed by atoms with Crippen LogP contribution in [0, 0.1) is 5.41 Å². The number of aromatic nitrogens is 1. The number of imide groups is 1. The molecule has 5 rings (SSSR count). The molecule has 1 saturated heterocycles.